The number of halogens is 2. The molecule has 0 saturated carbocycles. The molecule has 1 N–H and O–H groups in total. The predicted molar refractivity (Wildman–Crippen MR) is 94.2 cm³/mol. The fraction of sp³-hybridized carbons (Fsp3) is 0.933. The van der Waals surface area contributed by atoms with Crippen LogP contribution in [0, 0.1) is 5.92 Å². The number of nitrogens with zero attached hydrogens (tertiary/aromatic N) is 2. The third-order valence-corrected chi connectivity index (χ3v) is 4.79. The molecule has 1 unspecified atom stereocenters. The first kappa shape index (κ1) is 21.9. The molecule has 0 aromatic heterocycles. The first-order chi connectivity index (χ1) is 9.57. The Morgan fingerprint density at radius 2 is 2.00 bits per heavy atom. The molecule has 1 atom stereocenters. The van der Waals surface area contributed by atoms with Crippen molar-refractivity contribution >= 4 is 30.7 Å². The molecule has 1 amide bonds. The summed E-state index contributed by atoms with van der Waals surface area (Å²) in [7, 11) is 5.77. The highest BCUT2D eigenvalue weighted by Crippen LogP contribution is 2.26. The Morgan fingerprint density at radius 1 is 1.36 bits per heavy atom. The van der Waals surface area contributed by atoms with Gasteiger partial charge in [-0.3, -0.25) is 4.79 Å². The summed E-state index contributed by atoms with van der Waals surface area (Å²) in [5.74, 6) is 0.757. The lowest BCUT2D eigenvalue weighted by atomic mass is 9.89. The molecule has 0 bridgehead atoms. The summed E-state index contributed by atoms with van der Waals surface area (Å²) in [6, 6.07) is 0. The van der Waals surface area contributed by atoms with E-state index in [1.807, 2.05) is 11.9 Å². The minimum absolute atomic E-state index is 0. The zero-order chi connectivity index (χ0) is 14.6. The highest BCUT2D eigenvalue weighted by molar-refractivity contribution is 5.86. The van der Waals surface area contributed by atoms with E-state index in [0.29, 0.717) is 5.92 Å². The van der Waals surface area contributed by atoms with Gasteiger partial charge in [-0.25, -0.2) is 0 Å². The van der Waals surface area contributed by atoms with Gasteiger partial charge in [-0.15, -0.1) is 24.8 Å². The highest BCUT2D eigenvalue weighted by Gasteiger charge is 2.41. The van der Waals surface area contributed by atoms with Crippen LogP contribution >= 0.6 is 24.8 Å². The Hall–Kier alpha value is -0.0700. The normalized spacial score (nSPS) is 24.8. The lowest BCUT2D eigenvalue weighted by molar-refractivity contribution is -0.157. The summed E-state index contributed by atoms with van der Waals surface area (Å²) in [6.45, 7) is 4.85. The smallest absolute Gasteiger partial charge is 0.254 e. The van der Waals surface area contributed by atoms with Crippen LogP contribution in [0.1, 0.15) is 25.7 Å². The number of nitrogens with one attached hydrogen (secondary N) is 1. The minimum atomic E-state index is -0.597. The van der Waals surface area contributed by atoms with Crippen LogP contribution < -0.4 is 5.32 Å². The Balaban J connectivity index is 0.00000220. The minimum Gasteiger partial charge on any atom is -0.368 e. The standard InChI is InChI=1S/C15H29N3O2.2ClH/c1-17-10-4-5-13(11-17)12-18(2)14(19)15(20-3)6-8-16-9-7-15;;/h13,16H,4-12H2,1-3H3;2*1H. The summed E-state index contributed by atoms with van der Waals surface area (Å²) in [6.07, 6.45) is 4.01. The van der Waals surface area contributed by atoms with E-state index in [0.717, 1.165) is 39.0 Å². The van der Waals surface area contributed by atoms with Gasteiger partial charge in [-0.05, 0) is 58.3 Å². The third-order valence-electron chi connectivity index (χ3n) is 4.79. The second-order valence-electron chi connectivity index (χ2n) is 6.40. The van der Waals surface area contributed by atoms with Crippen LogP contribution in [-0.4, -0.2) is 75.2 Å². The van der Waals surface area contributed by atoms with Crippen LogP contribution in [0.5, 0.6) is 0 Å². The van der Waals surface area contributed by atoms with Gasteiger partial charge >= 0.3 is 0 Å². The van der Waals surface area contributed by atoms with Crippen molar-refractivity contribution < 1.29 is 9.53 Å². The molecule has 5 nitrogen and oxygen atoms in total. The average Bonchev–Trinajstić information content (AvgIpc) is 2.47. The fourth-order valence-corrected chi connectivity index (χ4v) is 3.58. The highest BCUT2D eigenvalue weighted by atomic mass is 35.5. The number of rotatable bonds is 4. The van der Waals surface area contributed by atoms with Gasteiger partial charge in [-0.1, -0.05) is 0 Å². The number of amides is 1. The lowest BCUT2D eigenvalue weighted by Gasteiger charge is -2.39. The zero-order valence-electron chi connectivity index (χ0n) is 14.0. The maximum Gasteiger partial charge on any atom is 0.254 e. The summed E-state index contributed by atoms with van der Waals surface area (Å²) >= 11 is 0. The molecule has 0 aromatic carbocycles. The van der Waals surface area contributed by atoms with Gasteiger partial charge in [0.1, 0.15) is 5.60 Å². The number of carbonyl (C=O) groups excluding carboxylic acids is 1. The van der Waals surface area contributed by atoms with Gasteiger partial charge in [0, 0.05) is 27.2 Å². The monoisotopic (exact) mass is 355 g/mol. The van der Waals surface area contributed by atoms with Crippen molar-refractivity contribution in [2.45, 2.75) is 31.3 Å². The maximum absolute atomic E-state index is 12.8. The summed E-state index contributed by atoms with van der Waals surface area (Å²) in [5, 5.41) is 3.30. The van der Waals surface area contributed by atoms with E-state index < -0.39 is 5.60 Å². The van der Waals surface area contributed by atoms with E-state index in [2.05, 4.69) is 17.3 Å². The van der Waals surface area contributed by atoms with Crippen molar-refractivity contribution in [3.8, 4) is 0 Å². The van der Waals surface area contributed by atoms with Crippen LogP contribution in [0.4, 0.5) is 0 Å². The fourth-order valence-electron chi connectivity index (χ4n) is 3.58. The molecule has 0 spiro atoms. The van der Waals surface area contributed by atoms with Crippen LogP contribution in [0.15, 0.2) is 0 Å². The van der Waals surface area contributed by atoms with E-state index >= 15 is 0 Å². The van der Waals surface area contributed by atoms with Crippen molar-refractivity contribution in [3.05, 3.63) is 0 Å². The van der Waals surface area contributed by atoms with Gasteiger partial charge in [-0.2, -0.15) is 0 Å². The van der Waals surface area contributed by atoms with Gasteiger partial charge in [0.15, 0.2) is 0 Å². The maximum atomic E-state index is 12.8. The van der Waals surface area contributed by atoms with E-state index in [-0.39, 0.29) is 30.7 Å². The number of piperidine rings is 2. The molecule has 2 saturated heterocycles. The molecule has 0 radical (unpaired) electrons. The zero-order valence-corrected chi connectivity index (χ0v) is 15.6. The van der Waals surface area contributed by atoms with Crippen LogP contribution in [0.2, 0.25) is 0 Å². The summed E-state index contributed by atoms with van der Waals surface area (Å²) in [4.78, 5) is 17.0. The lowest BCUT2D eigenvalue weighted by Crippen LogP contribution is -2.55. The molecular formula is C15H31Cl2N3O2. The largest absolute Gasteiger partial charge is 0.368 e. The third kappa shape index (κ3) is 5.24. The van der Waals surface area contributed by atoms with Crippen LogP contribution in [0.3, 0.4) is 0 Å². The van der Waals surface area contributed by atoms with E-state index in [9.17, 15) is 4.79 Å². The topological polar surface area (TPSA) is 44.8 Å². The number of hydrogen-bond donors (Lipinski definition) is 1. The summed E-state index contributed by atoms with van der Waals surface area (Å²) < 4.78 is 5.63. The van der Waals surface area contributed by atoms with Crippen LogP contribution in [-0.2, 0) is 9.53 Å². The van der Waals surface area contributed by atoms with E-state index in [1.165, 1.54) is 19.4 Å². The second kappa shape index (κ2) is 9.93. The number of likely N-dealkylation sites (N-methyl/N-ethyl adjacent to an activating group) is 1. The van der Waals surface area contributed by atoms with Crippen molar-refractivity contribution in [2.24, 2.45) is 5.92 Å². The van der Waals surface area contributed by atoms with E-state index in [1.54, 1.807) is 7.11 Å². The first-order valence-corrected chi connectivity index (χ1v) is 7.77. The van der Waals surface area contributed by atoms with E-state index in [4.69, 9.17) is 4.74 Å². The molecule has 2 rings (SSSR count). The number of ether oxygens (including phenoxy) is 1. The average molecular weight is 356 g/mol. The quantitative estimate of drug-likeness (QED) is 0.827. The van der Waals surface area contributed by atoms with Gasteiger partial charge in [0.25, 0.3) is 5.91 Å². The number of carbonyl (C=O) groups is 1. The van der Waals surface area contributed by atoms with Crippen molar-refractivity contribution in [3.63, 3.8) is 0 Å². The Bertz CT molecular complexity index is 339. The molecule has 132 valence electrons. The molecule has 7 heteroatoms. The van der Waals surface area contributed by atoms with Gasteiger partial charge in [0.05, 0.1) is 0 Å². The van der Waals surface area contributed by atoms with Crippen molar-refractivity contribution in [1.82, 2.24) is 15.1 Å². The Morgan fingerprint density at radius 3 is 2.55 bits per heavy atom. The number of likely N-dealkylation sites (tertiary alicyclic amines) is 1. The number of hydrogen-bond acceptors (Lipinski definition) is 4. The molecule has 0 aromatic rings. The molecule has 2 aliphatic rings. The number of methoxy groups -OCH3 is 1. The molecule has 22 heavy (non-hydrogen) atoms. The van der Waals surface area contributed by atoms with Crippen LogP contribution in [0.25, 0.3) is 0 Å². The molecule has 2 aliphatic heterocycles. The first-order valence-electron chi connectivity index (χ1n) is 7.77. The van der Waals surface area contributed by atoms with Crippen molar-refractivity contribution in [2.75, 3.05) is 53.9 Å². The SMILES string of the molecule is COC1(C(=O)N(C)CC2CCCN(C)C2)CCNCC1.Cl.Cl. The molecule has 0 aliphatic carbocycles. The Kier molecular flexibility index (Phi) is 9.90. The predicted octanol–water partition coefficient (Wildman–Crippen LogP) is 1.40. The second-order valence-corrected chi connectivity index (χ2v) is 6.40. The van der Waals surface area contributed by atoms with Crippen molar-refractivity contribution in [1.29, 1.82) is 0 Å². The van der Waals surface area contributed by atoms with Gasteiger partial charge in [0.2, 0.25) is 0 Å². The molecule has 2 fully saturated rings. The molecule has 2 heterocycles. The van der Waals surface area contributed by atoms with Gasteiger partial charge < -0.3 is 19.9 Å². The molecular weight excluding hydrogens is 325 g/mol. The Labute approximate surface area is 146 Å². The summed E-state index contributed by atoms with van der Waals surface area (Å²) in [5.41, 5.74) is -0.597.